The summed E-state index contributed by atoms with van der Waals surface area (Å²) in [7, 11) is 0. The van der Waals surface area contributed by atoms with Gasteiger partial charge >= 0.3 is 0 Å². The maximum absolute atomic E-state index is 5.76. The molecule has 1 aromatic carbocycles. The lowest BCUT2D eigenvalue weighted by Gasteiger charge is -2.29. The van der Waals surface area contributed by atoms with E-state index in [1.807, 2.05) is 12.1 Å². The van der Waals surface area contributed by atoms with Crippen LogP contribution in [-0.4, -0.2) is 36.1 Å². The fourth-order valence-corrected chi connectivity index (χ4v) is 2.55. The molecule has 1 aliphatic heterocycles. The first-order valence-electron chi connectivity index (χ1n) is 6.52. The monoisotopic (exact) mass is 382 g/mol. The first kappa shape index (κ1) is 13.6. The molecule has 0 amide bonds. The molecule has 1 N–H and O–H groups in total. The van der Waals surface area contributed by atoms with Crippen molar-refractivity contribution >= 4 is 28.3 Å². The van der Waals surface area contributed by atoms with Gasteiger partial charge in [-0.15, -0.1) is 0 Å². The molecule has 1 fully saturated rings. The first-order valence-corrected chi connectivity index (χ1v) is 7.60. The van der Waals surface area contributed by atoms with E-state index >= 15 is 0 Å². The third-order valence-electron chi connectivity index (χ3n) is 3.17. The van der Waals surface area contributed by atoms with Crippen LogP contribution in [0.2, 0.25) is 0 Å². The highest BCUT2D eigenvalue weighted by atomic mass is 127. The average molecular weight is 382 g/mol. The van der Waals surface area contributed by atoms with E-state index in [9.17, 15) is 0 Å². The third kappa shape index (κ3) is 3.18. The summed E-state index contributed by atoms with van der Waals surface area (Å²) in [5.41, 5.74) is 1.23. The molecule has 1 aliphatic rings. The molecule has 1 saturated heterocycles. The van der Waals surface area contributed by atoms with Crippen LogP contribution in [0.15, 0.2) is 36.8 Å². The number of rotatable bonds is 3. The number of hydrogen-bond acceptors (Lipinski definition) is 5. The Kier molecular flexibility index (Phi) is 4.31. The Balaban J connectivity index is 1.71. The number of benzene rings is 1. The minimum atomic E-state index is 0.593. The molecule has 3 rings (SSSR count). The zero-order valence-electron chi connectivity index (χ0n) is 10.9. The Hall–Kier alpha value is -1.41. The van der Waals surface area contributed by atoms with E-state index in [1.54, 1.807) is 6.20 Å². The number of nitrogens with zero attached hydrogens (tertiary/aromatic N) is 3. The molecule has 0 aliphatic carbocycles. The molecular weight excluding hydrogens is 367 g/mol. The second-order valence-corrected chi connectivity index (χ2v) is 5.67. The Bertz CT molecular complexity index is 570. The second kappa shape index (κ2) is 6.36. The zero-order valence-corrected chi connectivity index (χ0v) is 13.1. The smallest absolute Gasteiger partial charge is 0.235 e. The molecule has 0 saturated carbocycles. The molecule has 0 unspecified atom stereocenters. The van der Waals surface area contributed by atoms with Gasteiger partial charge in [0.2, 0.25) is 5.88 Å². The highest BCUT2D eigenvalue weighted by Crippen LogP contribution is 2.25. The van der Waals surface area contributed by atoms with Gasteiger partial charge in [0.25, 0.3) is 0 Å². The maximum atomic E-state index is 5.76. The van der Waals surface area contributed by atoms with Crippen LogP contribution in [0.25, 0.3) is 0 Å². The van der Waals surface area contributed by atoms with E-state index < -0.39 is 0 Å². The molecule has 0 radical (unpaired) electrons. The molecule has 1 aromatic heterocycles. The fraction of sp³-hybridized carbons (Fsp3) is 0.286. The van der Waals surface area contributed by atoms with E-state index in [4.69, 9.17) is 4.74 Å². The van der Waals surface area contributed by atoms with E-state index in [-0.39, 0.29) is 0 Å². The molecular formula is C14H15IN4O. The van der Waals surface area contributed by atoms with Crippen molar-refractivity contribution in [2.75, 3.05) is 31.1 Å². The Morgan fingerprint density at radius 2 is 1.90 bits per heavy atom. The lowest BCUT2D eigenvalue weighted by Crippen LogP contribution is -2.43. The van der Waals surface area contributed by atoms with E-state index in [0.717, 1.165) is 35.5 Å². The first-order chi connectivity index (χ1) is 9.83. The summed E-state index contributed by atoms with van der Waals surface area (Å²) >= 11 is 2.16. The average Bonchev–Trinajstić information content (AvgIpc) is 2.51. The predicted octanol–water partition coefficient (Wildman–Crippen LogP) is 2.28. The van der Waals surface area contributed by atoms with Crippen molar-refractivity contribution in [3.8, 4) is 11.6 Å². The van der Waals surface area contributed by atoms with Gasteiger partial charge in [-0.25, -0.2) is 9.97 Å². The quantitative estimate of drug-likeness (QED) is 0.826. The highest BCUT2D eigenvalue weighted by Gasteiger charge is 2.10. The van der Waals surface area contributed by atoms with Crippen LogP contribution in [0.3, 0.4) is 0 Å². The van der Waals surface area contributed by atoms with Gasteiger partial charge in [0.05, 0.1) is 3.57 Å². The van der Waals surface area contributed by atoms with Crippen LogP contribution >= 0.6 is 22.6 Å². The van der Waals surface area contributed by atoms with Gasteiger partial charge in [0, 0.05) is 38.1 Å². The van der Waals surface area contributed by atoms with Gasteiger partial charge in [-0.3, -0.25) is 0 Å². The lowest BCUT2D eigenvalue weighted by atomic mass is 10.2. The van der Waals surface area contributed by atoms with Crippen molar-refractivity contribution in [1.29, 1.82) is 0 Å². The summed E-state index contributed by atoms with van der Waals surface area (Å²) in [6, 6.07) is 8.15. The number of halogens is 1. The van der Waals surface area contributed by atoms with E-state index in [0.29, 0.717) is 5.88 Å². The fourth-order valence-electron chi connectivity index (χ4n) is 2.14. The maximum Gasteiger partial charge on any atom is 0.235 e. The number of hydrogen-bond donors (Lipinski definition) is 1. The number of nitrogens with one attached hydrogen (secondary N) is 1. The number of ether oxygens (including phenoxy) is 1. The van der Waals surface area contributed by atoms with Crippen molar-refractivity contribution in [3.63, 3.8) is 0 Å². The molecule has 2 aromatic rings. The summed E-state index contributed by atoms with van der Waals surface area (Å²) in [4.78, 5) is 10.4. The van der Waals surface area contributed by atoms with Crippen LogP contribution < -0.4 is 15.0 Å². The number of aromatic nitrogens is 2. The van der Waals surface area contributed by atoms with Gasteiger partial charge < -0.3 is 15.0 Å². The summed E-state index contributed by atoms with van der Waals surface area (Å²) in [5.74, 6) is 1.39. The lowest BCUT2D eigenvalue weighted by molar-refractivity contribution is 0.457. The molecule has 2 heterocycles. The van der Waals surface area contributed by atoms with Crippen molar-refractivity contribution in [3.05, 3.63) is 40.4 Å². The van der Waals surface area contributed by atoms with E-state index in [1.165, 1.54) is 12.0 Å². The third-order valence-corrected chi connectivity index (χ3v) is 3.91. The van der Waals surface area contributed by atoms with Crippen LogP contribution in [0.1, 0.15) is 0 Å². The van der Waals surface area contributed by atoms with E-state index in [2.05, 4.69) is 54.9 Å². The summed E-state index contributed by atoms with van der Waals surface area (Å²) < 4.78 is 6.66. The predicted molar refractivity (Wildman–Crippen MR) is 86.3 cm³/mol. The summed E-state index contributed by atoms with van der Waals surface area (Å²) in [6.07, 6.45) is 3.23. The van der Waals surface area contributed by atoms with Crippen molar-refractivity contribution in [1.82, 2.24) is 15.3 Å². The Morgan fingerprint density at radius 3 is 2.60 bits per heavy atom. The van der Waals surface area contributed by atoms with Gasteiger partial charge in [-0.2, -0.15) is 0 Å². The molecule has 0 atom stereocenters. The molecule has 104 valence electrons. The minimum absolute atomic E-state index is 0.593. The number of anilines is 1. The van der Waals surface area contributed by atoms with Crippen LogP contribution in [0.4, 0.5) is 5.69 Å². The van der Waals surface area contributed by atoms with Gasteiger partial charge in [-0.1, -0.05) is 0 Å². The Morgan fingerprint density at radius 1 is 1.15 bits per heavy atom. The molecule has 20 heavy (non-hydrogen) atoms. The highest BCUT2D eigenvalue weighted by molar-refractivity contribution is 14.1. The van der Waals surface area contributed by atoms with Gasteiger partial charge in [0.15, 0.2) is 0 Å². The Labute approximate surface area is 131 Å². The summed E-state index contributed by atoms with van der Waals surface area (Å²) in [6.45, 7) is 4.17. The molecule has 5 nitrogen and oxygen atoms in total. The van der Waals surface area contributed by atoms with Gasteiger partial charge in [0.1, 0.15) is 12.1 Å². The van der Waals surface area contributed by atoms with Crippen LogP contribution in [-0.2, 0) is 0 Å². The molecule has 0 spiro atoms. The van der Waals surface area contributed by atoms with Crippen LogP contribution in [0, 0.1) is 3.57 Å². The molecule has 6 heteroatoms. The summed E-state index contributed by atoms with van der Waals surface area (Å²) in [5, 5.41) is 3.35. The van der Waals surface area contributed by atoms with Crippen LogP contribution in [0.5, 0.6) is 11.6 Å². The number of piperazine rings is 1. The standard InChI is InChI=1S/C14H15IN4O/c15-13-9-17-10-18-14(13)20-12-3-1-11(2-4-12)19-7-5-16-6-8-19/h1-4,9-10,16H,5-8H2. The van der Waals surface area contributed by atoms with Gasteiger partial charge in [-0.05, 0) is 46.9 Å². The normalized spacial score (nSPS) is 15.2. The molecule has 0 bridgehead atoms. The SMILES string of the molecule is Ic1cncnc1Oc1ccc(N2CCNCC2)cc1. The van der Waals surface area contributed by atoms with Crippen molar-refractivity contribution in [2.24, 2.45) is 0 Å². The van der Waals surface area contributed by atoms with Crippen molar-refractivity contribution < 1.29 is 4.74 Å². The van der Waals surface area contributed by atoms with Crippen molar-refractivity contribution in [2.45, 2.75) is 0 Å². The largest absolute Gasteiger partial charge is 0.438 e. The minimum Gasteiger partial charge on any atom is -0.438 e. The zero-order chi connectivity index (χ0) is 13.8. The topological polar surface area (TPSA) is 50.3 Å². The second-order valence-electron chi connectivity index (χ2n) is 4.51.